The summed E-state index contributed by atoms with van der Waals surface area (Å²) in [6, 6.07) is 41.9. The molecule has 0 bridgehead atoms. The standard InChI is InChI=1S/2C26H26N3.Zn/c2*1-17(2)21-10-7-11-22(18(3)4)25(21)20-13-14-27-24(16-20)29-26-23-9-6-5-8-19(23)12-15-28-26;/h2*5-18H,1-4H3;/q2*-1;+2. The van der Waals surface area contributed by atoms with Crippen molar-refractivity contribution in [3.8, 4) is 22.3 Å². The van der Waals surface area contributed by atoms with E-state index in [0.717, 1.165) is 32.7 Å². The second kappa shape index (κ2) is 19.3. The first-order valence-electron chi connectivity index (χ1n) is 20.4. The summed E-state index contributed by atoms with van der Waals surface area (Å²) in [5.41, 5.74) is 11.7. The second-order valence-electron chi connectivity index (χ2n) is 16.0. The Morgan fingerprint density at radius 3 is 1.14 bits per heavy atom. The van der Waals surface area contributed by atoms with Crippen LogP contribution in [0.15, 0.2) is 156 Å². The Morgan fingerprint density at radius 2 is 0.780 bits per heavy atom. The first-order valence-corrected chi connectivity index (χ1v) is 20.4. The van der Waals surface area contributed by atoms with E-state index >= 15 is 0 Å². The molecular formula is C52H52N6Zn. The number of hydrogen-bond donors (Lipinski definition) is 0. The molecule has 0 atom stereocenters. The van der Waals surface area contributed by atoms with E-state index in [2.05, 4.69) is 160 Å². The van der Waals surface area contributed by atoms with Crippen molar-refractivity contribution >= 4 is 33.2 Å². The molecule has 0 radical (unpaired) electrons. The average molecular weight is 826 g/mol. The van der Waals surface area contributed by atoms with Crippen LogP contribution in [0.2, 0.25) is 0 Å². The molecule has 59 heavy (non-hydrogen) atoms. The predicted molar refractivity (Wildman–Crippen MR) is 241 cm³/mol. The Kier molecular flexibility index (Phi) is 14.0. The Balaban J connectivity index is 0.000000195. The molecule has 0 spiro atoms. The van der Waals surface area contributed by atoms with E-state index in [1.54, 1.807) is 12.4 Å². The summed E-state index contributed by atoms with van der Waals surface area (Å²) in [5.74, 6) is 3.17. The van der Waals surface area contributed by atoms with Crippen molar-refractivity contribution < 1.29 is 19.5 Å². The van der Waals surface area contributed by atoms with Gasteiger partial charge in [-0.1, -0.05) is 188 Å². The summed E-state index contributed by atoms with van der Waals surface area (Å²) in [5, 5.41) is 4.33. The van der Waals surface area contributed by atoms with Crippen LogP contribution in [-0.4, -0.2) is 9.97 Å². The van der Waals surface area contributed by atoms with Crippen LogP contribution in [0, 0.1) is 0 Å². The summed E-state index contributed by atoms with van der Waals surface area (Å²) in [6.07, 6.45) is 7.30. The number of nitrogens with zero attached hydrogens (tertiary/aromatic N) is 6. The van der Waals surface area contributed by atoms with Crippen LogP contribution in [0.1, 0.15) is 101 Å². The Morgan fingerprint density at radius 1 is 0.424 bits per heavy atom. The van der Waals surface area contributed by atoms with Crippen LogP contribution in [0.5, 0.6) is 0 Å². The third-order valence-electron chi connectivity index (χ3n) is 10.6. The van der Waals surface area contributed by atoms with E-state index in [4.69, 9.17) is 9.98 Å². The first-order chi connectivity index (χ1) is 28.1. The van der Waals surface area contributed by atoms with Gasteiger partial charge in [-0.05, 0) is 91.1 Å². The normalized spacial score (nSPS) is 12.1. The fraction of sp³-hybridized carbons (Fsp3) is 0.231. The van der Waals surface area contributed by atoms with Crippen molar-refractivity contribution in [3.05, 3.63) is 179 Å². The Hall–Kier alpha value is -5.78. The number of fused-ring (bicyclic) bond motifs is 2. The van der Waals surface area contributed by atoms with E-state index in [1.165, 1.54) is 33.4 Å². The number of pyridine rings is 4. The molecule has 0 aliphatic carbocycles. The average Bonchev–Trinajstić information content (AvgIpc) is 3.23. The monoisotopic (exact) mass is 824 g/mol. The second-order valence-corrected chi connectivity index (χ2v) is 16.0. The van der Waals surface area contributed by atoms with Crippen molar-refractivity contribution in [2.75, 3.05) is 0 Å². The molecule has 0 aliphatic rings. The molecule has 0 saturated heterocycles. The molecule has 8 rings (SSSR count). The van der Waals surface area contributed by atoms with Gasteiger partial charge in [0.25, 0.3) is 0 Å². The van der Waals surface area contributed by atoms with Crippen LogP contribution in [0.4, 0.5) is 11.6 Å². The molecular weight excluding hydrogens is 774 g/mol. The molecule has 4 aromatic heterocycles. The van der Waals surface area contributed by atoms with Gasteiger partial charge in [0.15, 0.2) is 0 Å². The maximum Gasteiger partial charge on any atom is 2.00 e. The van der Waals surface area contributed by atoms with Crippen molar-refractivity contribution in [2.45, 2.75) is 79.1 Å². The molecule has 0 amide bonds. The van der Waals surface area contributed by atoms with Gasteiger partial charge in [0.05, 0.1) is 11.6 Å². The molecule has 6 nitrogen and oxygen atoms in total. The summed E-state index contributed by atoms with van der Waals surface area (Å²) in [6.45, 7) is 18.0. The zero-order valence-corrected chi connectivity index (χ0v) is 38.5. The van der Waals surface area contributed by atoms with Gasteiger partial charge in [-0.2, -0.15) is 0 Å². The van der Waals surface area contributed by atoms with Gasteiger partial charge in [-0.25, -0.2) is 0 Å². The third kappa shape index (κ3) is 9.75. The van der Waals surface area contributed by atoms with Crippen LogP contribution < -0.4 is 20.9 Å². The number of benzene rings is 4. The van der Waals surface area contributed by atoms with Crippen LogP contribution in [0.3, 0.4) is 0 Å². The van der Waals surface area contributed by atoms with Gasteiger partial charge in [-0.15, -0.1) is 0 Å². The predicted octanol–water partition coefficient (Wildman–Crippen LogP) is 12.7. The summed E-state index contributed by atoms with van der Waals surface area (Å²) >= 11 is 0. The molecule has 7 heteroatoms. The van der Waals surface area contributed by atoms with Gasteiger partial charge in [0.2, 0.25) is 0 Å². The topological polar surface area (TPSA) is 78.7 Å². The maximum atomic E-state index is 4.78. The first kappa shape index (κ1) is 42.8. The summed E-state index contributed by atoms with van der Waals surface area (Å²) < 4.78 is 0. The van der Waals surface area contributed by atoms with E-state index in [-0.39, 0.29) is 19.5 Å². The maximum absolute atomic E-state index is 4.78. The van der Waals surface area contributed by atoms with Gasteiger partial charge >= 0.3 is 19.5 Å². The zero-order chi connectivity index (χ0) is 40.8. The van der Waals surface area contributed by atoms with Crippen molar-refractivity contribution in [1.29, 1.82) is 0 Å². The quantitative estimate of drug-likeness (QED) is 0.143. The fourth-order valence-electron chi connectivity index (χ4n) is 7.64. The van der Waals surface area contributed by atoms with Crippen molar-refractivity contribution in [2.24, 2.45) is 9.98 Å². The molecule has 0 aliphatic heterocycles. The largest absolute Gasteiger partial charge is 2.00 e. The number of rotatable bonds is 8. The van der Waals surface area contributed by atoms with E-state index < -0.39 is 0 Å². The Labute approximate surface area is 361 Å². The van der Waals surface area contributed by atoms with Crippen molar-refractivity contribution in [3.63, 3.8) is 0 Å². The third-order valence-corrected chi connectivity index (χ3v) is 10.6. The van der Waals surface area contributed by atoms with Crippen LogP contribution >= 0.6 is 0 Å². The molecule has 0 N–H and O–H groups in total. The smallest absolute Gasteiger partial charge is 0.443 e. The molecule has 0 unspecified atom stereocenters. The Bertz CT molecular complexity index is 2570. The number of hydrogen-bond acceptors (Lipinski definition) is 4. The van der Waals surface area contributed by atoms with Gasteiger partial charge < -0.3 is 20.0 Å². The van der Waals surface area contributed by atoms with Crippen LogP contribution in [0.25, 0.3) is 43.8 Å². The SMILES string of the molecule is CC(C)c1cccc(C(C)C)c1-c1cc[n-]c(=Nc2nccc3ccccc23)c1.CC(C)c1cccc(C(C)C)c1-c1cc[n-]c(=Nc2nccc3ccccc23)c1.[Zn+2]. The van der Waals surface area contributed by atoms with Gasteiger partial charge in [-0.3, -0.25) is 9.97 Å². The minimum atomic E-state index is 0. The van der Waals surface area contributed by atoms with E-state index in [1.807, 2.05) is 48.8 Å². The van der Waals surface area contributed by atoms with Crippen LogP contribution in [-0.2, 0) is 19.5 Å². The molecule has 8 aromatic rings. The molecule has 292 valence electrons. The van der Waals surface area contributed by atoms with E-state index in [0.29, 0.717) is 46.3 Å². The summed E-state index contributed by atoms with van der Waals surface area (Å²) in [4.78, 5) is 27.6. The number of aromatic nitrogens is 4. The van der Waals surface area contributed by atoms with E-state index in [9.17, 15) is 0 Å². The summed E-state index contributed by atoms with van der Waals surface area (Å²) in [7, 11) is 0. The van der Waals surface area contributed by atoms with Crippen molar-refractivity contribution in [1.82, 2.24) is 19.9 Å². The van der Waals surface area contributed by atoms with Gasteiger partial charge in [0, 0.05) is 23.2 Å². The molecule has 4 aromatic carbocycles. The fourth-order valence-corrected chi connectivity index (χ4v) is 7.64. The van der Waals surface area contributed by atoms with Gasteiger partial charge in [0.1, 0.15) is 0 Å². The zero-order valence-electron chi connectivity index (χ0n) is 35.6. The molecule has 4 heterocycles. The minimum absolute atomic E-state index is 0. The minimum Gasteiger partial charge on any atom is -0.443 e. The molecule has 0 saturated carbocycles. The molecule has 0 fully saturated rings.